The summed E-state index contributed by atoms with van der Waals surface area (Å²) in [5, 5.41) is 3.61. The van der Waals surface area contributed by atoms with Crippen LogP contribution in [-0.2, 0) is 9.84 Å². The monoisotopic (exact) mass is 301 g/mol. The molecule has 1 N–H and O–H groups in total. The van der Waals surface area contributed by atoms with E-state index in [1.54, 1.807) is 0 Å². The number of sulfone groups is 1. The lowest BCUT2D eigenvalue weighted by Crippen LogP contribution is -2.56. The Hall–Kier alpha value is -0.0900. The van der Waals surface area contributed by atoms with Gasteiger partial charge in [0.25, 0.3) is 0 Å². The fourth-order valence-electron chi connectivity index (χ4n) is 4.14. The van der Waals surface area contributed by atoms with Gasteiger partial charge < -0.3 is 5.32 Å². The third-order valence-corrected chi connectivity index (χ3v) is 8.13. The summed E-state index contributed by atoms with van der Waals surface area (Å²) < 4.78 is 25.5. The Kier molecular flexibility index (Phi) is 4.85. The number of hydrogen-bond donors (Lipinski definition) is 1. The Morgan fingerprint density at radius 2 is 1.45 bits per heavy atom. The third-order valence-electron chi connectivity index (χ3n) is 5.28. The lowest BCUT2D eigenvalue weighted by molar-refractivity contribution is 0.239. The fourth-order valence-corrected chi connectivity index (χ4v) is 6.50. The zero-order valence-electron chi connectivity index (χ0n) is 13.4. The summed E-state index contributed by atoms with van der Waals surface area (Å²) in [7, 11) is -3.03. The quantitative estimate of drug-likeness (QED) is 0.846. The van der Waals surface area contributed by atoms with Gasteiger partial charge in [-0.25, -0.2) is 8.42 Å². The predicted molar refractivity (Wildman–Crippen MR) is 84.7 cm³/mol. The van der Waals surface area contributed by atoms with Crippen LogP contribution in [0.1, 0.15) is 78.6 Å². The molecule has 0 radical (unpaired) electrons. The molecule has 2 fully saturated rings. The van der Waals surface area contributed by atoms with Crippen LogP contribution in [0.3, 0.4) is 0 Å². The van der Waals surface area contributed by atoms with Crippen molar-refractivity contribution in [2.75, 3.05) is 5.75 Å². The average Bonchev–Trinajstić information content (AvgIpc) is 2.77. The van der Waals surface area contributed by atoms with Crippen LogP contribution in [0.25, 0.3) is 0 Å². The van der Waals surface area contributed by atoms with Crippen LogP contribution in [0, 0.1) is 0 Å². The van der Waals surface area contributed by atoms with Crippen molar-refractivity contribution in [3.63, 3.8) is 0 Å². The van der Waals surface area contributed by atoms with Gasteiger partial charge >= 0.3 is 0 Å². The Labute approximate surface area is 124 Å². The van der Waals surface area contributed by atoms with Crippen molar-refractivity contribution >= 4 is 9.84 Å². The highest BCUT2D eigenvalue weighted by atomic mass is 32.2. The lowest BCUT2D eigenvalue weighted by atomic mass is 9.82. The summed E-state index contributed by atoms with van der Waals surface area (Å²) in [6, 6.07) is 0.347. The van der Waals surface area contributed by atoms with E-state index < -0.39 is 14.6 Å². The van der Waals surface area contributed by atoms with Crippen LogP contribution in [-0.4, -0.2) is 30.5 Å². The minimum absolute atomic E-state index is 0.170. The molecule has 0 bridgehead atoms. The van der Waals surface area contributed by atoms with E-state index in [1.807, 2.05) is 6.92 Å². The van der Waals surface area contributed by atoms with Crippen molar-refractivity contribution in [1.82, 2.24) is 5.32 Å². The zero-order chi connectivity index (χ0) is 14.9. The molecular formula is C16H31NO2S. The number of nitrogens with one attached hydrogen (secondary N) is 1. The van der Waals surface area contributed by atoms with Crippen LogP contribution >= 0.6 is 0 Å². The highest BCUT2D eigenvalue weighted by molar-refractivity contribution is 7.92. The van der Waals surface area contributed by atoms with E-state index in [1.165, 1.54) is 6.42 Å². The second-order valence-corrected chi connectivity index (χ2v) is 10.1. The smallest absolute Gasteiger partial charge is 0.157 e. The van der Waals surface area contributed by atoms with E-state index in [0.29, 0.717) is 11.8 Å². The van der Waals surface area contributed by atoms with Crippen molar-refractivity contribution < 1.29 is 8.42 Å². The molecule has 2 aliphatic rings. The Morgan fingerprint density at radius 3 is 1.95 bits per heavy atom. The van der Waals surface area contributed by atoms with E-state index in [-0.39, 0.29) is 5.54 Å². The lowest BCUT2D eigenvalue weighted by Gasteiger charge is -2.41. The van der Waals surface area contributed by atoms with Crippen LogP contribution in [0.2, 0.25) is 0 Å². The molecule has 2 aliphatic carbocycles. The third kappa shape index (κ3) is 3.38. The molecule has 0 heterocycles. The Balaban J connectivity index is 2.18. The van der Waals surface area contributed by atoms with Crippen LogP contribution in [0.4, 0.5) is 0 Å². The molecule has 0 unspecified atom stereocenters. The first-order valence-electron chi connectivity index (χ1n) is 8.29. The summed E-state index contributed by atoms with van der Waals surface area (Å²) in [4.78, 5) is 0. The van der Waals surface area contributed by atoms with E-state index in [0.717, 1.165) is 51.4 Å². The SMILES string of the molecule is CC(C)NC1(CS(=O)(=O)C2(C)CCCC2)CCCCC1. The van der Waals surface area contributed by atoms with Gasteiger partial charge in [0.2, 0.25) is 0 Å². The molecule has 0 aromatic heterocycles. The van der Waals surface area contributed by atoms with Crippen molar-refractivity contribution in [3.8, 4) is 0 Å². The molecule has 2 rings (SSSR count). The highest BCUT2D eigenvalue weighted by Crippen LogP contribution is 2.40. The summed E-state index contributed by atoms with van der Waals surface area (Å²) in [5.41, 5.74) is -0.170. The van der Waals surface area contributed by atoms with Crippen molar-refractivity contribution in [2.24, 2.45) is 0 Å². The standard InChI is InChI=1S/C16H31NO2S/c1-14(2)17-16(11-5-4-6-12-16)13-20(18,19)15(3)9-7-8-10-15/h14,17H,4-13H2,1-3H3. The van der Waals surface area contributed by atoms with Gasteiger partial charge in [0, 0.05) is 11.6 Å². The van der Waals surface area contributed by atoms with E-state index >= 15 is 0 Å². The fraction of sp³-hybridized carbons (Fsp3) is 1.00. The maximum absolute atomic E-state index is 13.0. The van der Waals surface area contributed by atoms with Crippen LogP contribution < -0.4 is 5.32 Å². The molecule has 2 saturated carbocycles. The summed E-state index contributed by atoms with van der Waals surface area (Å²) in [6.07, 6.45) is 9.44. The average molecular weight is 301 g/mol. The highest BCUT2D eigenvalue weighted by Gasteiger charge is 2.46. The maximum Gasteiger partial charge on any atom is 0.157 e. The first-order valence-corrected chi connectivity index (χ1v) is 9.94. The van der Waals surface area contributed by atoms with Gasteiger partial charge in [-0.3, -0.25) is 0 Å². The molecule has 0 saturated heterocycles. The second-order valence-electron chi connectivity index (χ2n) is 7.56. The molecule has 0 atom stereocenters. The molecule has 0 aliphatic heterocycles. The van der Waals surface area contributed by atoms with E-state index in [2.05, 4.69) is 19.2 Å². The number of rotatable bonds is 5. The molecule has 4 heteroatoms. The largest absolute Gasteiger partial charge is 0.308 e. The van der Waals surface area contributed by atoms with Crippen molar-refractivity contribution in [2.45, 2.75) is 94.9 Å². The summed E-state index contributed by atoms with van der Waals surface area (Å²) >= 11 is 0. The van der Waals surface area contributed by atoms with Crippen molar-refractivity contribution in [1.29, 1.82) is 0 Å². The van der Waals surface area contributed by atoms with Crippen molar-refractivity contribution in [3.05, 3.63) is 0 Å². The zero-order valence-corrected chi connectivity index (χ0v) is 14.2. The molecule has 118 valence electrons. The van der Waals surface area contributed by atoms with Crippen LogP contribution in [0.15, 0.2) is 0 Å². The first-order chi connectivity index (χ1) is 9.29. The summed E-state index contributed by atoms with van der Waals surface area (Å²) in [5.74, 6) is 0.342. The van der Waals surface area contributed by atoms with Gasteiger partial charge in [-0.2, -0.15) is 0 Å². The minimum atomic E-state index is -3.03. The Bertz CT molecular complexity index is 416. The summed E-state index contributed by atoms with van der Waals surface area (Å²) in [6.45, 7) is 6.22. The number of hydrogen-bond acceptors (Lipinski definition) is 3. The molecule has 0 spiro atoms. The second kappa shape index (κ2) is 5.96. The normalized spacial score (nSPS) is 26.0. The molecule has 20 heavy (non-hydrogen) atoms. The molecule has 3 nitrogen and oxygen atoms in total. The van der Waals surface area contributed by atoms with Gasteiger partial charge in [0.1, 0.15) is 0 Å². The topological polar surface area (TPSA) is 46.2 Å². The van der Waals surface area contributed by atoms with Gasteiger partial charge in [0.05, 0.1) is 10.5 Å². The van der Waals surface area contributed by atoms with E-state index in [4.69, 9.17) is 0 Å². The van der Waals surface area contributed by atoms with Gasteiger partial charge in [0.15, 0.2) is 9.84 Å². The van der Waals surface area contributed by atoms with Crippen LogP contribution in [0.5, 0.6) is 0 Å². The van der Waals surface area contributed by atoms with E-state index in [9.17, 15) is 8.42 Å². The minimum Gasteiger partial charge on any atom is -0.308 e. The van der Waals surface area contributed by atoms with Gasteiger partial charge in [-0.05, 0) is 32.6 Å². The molecular weight excluding hydrogens is 270 g/mol. The molecule has 0 amide bonds. The molecule has 0 aromatic rings. The first kappa shape index (κ1) is 16.3. The predicted octanol–water partition coefficient (Wildman–Crippen LogP) is 3.43. The molecule has 0 aromatic carbocycles. The Morgan fingerprint density at radius 1 is 0.950 bits per heavy atom. The van der Waals surface area contributed by atoms with Gasteiger partial charge in [-0.1, -0.05) is 46.0 Å². The van der Waals surface area contributed by atoms with Gasteiger partial charge in [-0.15, -0.1) is 0 Å². The maximum atomic E-state index is 13.0.